The van der Waals surface area contributed by atoms with Gasteiger partial charge in [0.15, 0.2) is 11.3 Å². The number of benzene rings is 1. The van der Waals surface area contributed by atoms with Gasteiger partial charge in [-0.3, -0.25) is 0 Å². The first-order valence-corrected chi connectivity index (χ1v) is 8.57. The topological polar surface area (TPSA) is 85.7 Å². The van der Waals surface area contributed by atoms with E-state index >= 15 is 0 Å². The number of carbonyl (C=O) groups is 2. The molecule has 0 aliphatic heterocycles. The number of rotatable bonds is 5. The highest BCUT2D eigenvalue weighted by molar-refractivity contribution is 6.31. The molecule has 2 atom stereocenters. The standard InChI is InChI=1S/C19H17ClF3NO5/c1-10(12-7-6-11(9-14(12)20)16(25)28-2)18(27,19(21,22)23)13-5-4-8-24-15(13)17(26)29-3/h4-10,27H,1-3H3. The molecule has 0 aliphatic rings. The zero-order chi connectivity index (χ0) is 22.0. The Morgan fingerprint density at radius 2 is 1.76 bits per heavy atom. The number of aromatic nitrogens is 1. The van der Waals surface area contributed by atoms with Crippen LogP contribution in [0.2, 0.25) is 5.02 Å². The Bertz CT molecular complexity index is 934. The van der Waals surface area contributed by atoms with Crippen LogP contribution in [0, 0.1) is 0 Å². The highest BCUT2D eigenvalue weighted by atomic mass is 35.5. The maximum Gasteiger partial charge on any atom is 0.422 e. The molecule has 2 aromatic rings. The van der Waals surface area contributed by atoms with E-state index in [1.54, 1.807) is 0 Å². The maximum atomic E-state index is 14.1. The highest BCUT2D eigenvalue weighted by Gasteiger charge is 2.60. The minimum atomic E-state index is -5.21. The molecule has 0 bridgehead atoms. The van der Waals surface area contributed by atoms with Gasteiger partial charge in [0.05, 0.1) is 19.8 Å². The summed E-state index contributed by atoms with van der Waals surface area (Å²) in [6.07, 6.45) is -4.10. The van der Waals surface area contributed by atoms with Crippen LogP contribution in [-0.2, 0) is 15.1 Å². The van der Waals surface area contributed by atoms with E-state index in [2.05, 4.69) is 14.5 Å². The highest BCUT2D eigenvalue weighted by Crippen LogP contribution is 2.50. The van der Waals surface area contributed by atoms with Crippen LogP contribution in [0.25, 0.3) is 0 Å². The third kappa shape index (κ3) is 4.06. The minimum absolute atomic E-state index is 0.0284. The van der Waals surface area contributed by atoms with Crippen LogP contribution in [0.5, 0.6) is 0 Å². The molecule has 0 saturated heterocycles. The first kappa shape index (κ1) is 22.6. The van der Waals surface area contributed by atoms with E-state index in [0.29, 0.717) is 0 Å². The van der Waals surface area contributed by atoms with Crippen molar-refractivity contribution in [1.29, 1.82) is 0 Å². The van der Waals surface area contributed by atoms with Gasteiger partial charge >= 0.3 is 18.1 Å². The fourth-order valence-electron chi connectivity index (χ4n) is 2.95. The SMILES string of the molecule is COC(=O)c1ccc(C(C)C(O)(c2cccnc2C(=O)OC)C(F)(F)F)c(Cl)c1. The van der Waals surface area contributed by atoms with Gasteiger partial charge in [-0.15, -0.1) is 0 Å². The number of hydrogen-bond donors (Lipinski definition) is 1. The second kappa shape index (κ2) is 8.38. The van der Waals surface area contributed by atoms with Crippen LogP contribution < -0.4 is 0 Å². The molecule has 0 aliphatic carbocycles. The molecule has 2 rings (SSSR count). The molecule has 1 N–H and O–H groups in total. The Kier molecular flexibility index (Phi) is 6.54. The number of methoxy groups -OCH3 is 2. The van der Waals surface area contributed by atoms with Crippen molar-refractivity contribution in [3.63, 3.8) is 0 Å². The quantitative estimate of drug-likeness (QED) is 0.723. The summed E-state index contributed by atoms with van der Waals surface area (Å²) in [5.74, 6) is -3.53. The molecule has 10 heteroatoms. The molecular weight excluding hydrogens is 415 g/mol. The summed E-state index contributed by atoms with van der Waals surface area (Å²) in [6, 6.07) is 5.66. The van der Waals surface area contributed by atoms with Crippen molar-refractivity contribution in [2.45, 2.75) is 24.6 Å². The largest absolute Gasteiger partial charge is 0.465 e. The normalized spacial score (nSPS) is 14.6. The van der Waals surface area contributed by atoms with Crippen LogP contribution in [0.3, 0.4) is 0 Å². The summed E-state index contributed by atoms with van der Waals surface area (Å²) in [5, 5.41) is 10.7. The Morgan fingerprint density at radius 3 is 2.28 bits per heavy atom. The molecule has 0 fully saturated rings. The molecule has 6 nitrogen and oxygen atoms in total. The molecule has 1 heterocycles. The zero-order valence-electron chi connectivity index (χ0n) is 15.6. The first-order valence-electron chi connectivity index (χ1n) is 8.19. The summed E-state index contributed by atoms with van der Waals surface area (Å²) < 4.78 is 51.4. The monoisotopic (exact) mass is 431 g/mol. The van der Waals surface area contributed by atoms with Gasteiger partial charge in [0, 0.05) is 22.7 Å². The van der Waals surface area contributed by atoms with Gasteiger partial charge in [0.1, 0.15) is 0 Å². The zero-order valence-corrected chi connectivity index (χ0v) is 16.3. The van der Waals surface area contributed by atoms with E-state index in [1.165, 1.54) is 12.1 Å². The van der Waals surface area contributed by atoms with Crippen LogP contribution in [0.4, 0.5) is 13.2 Å². The minimum Gasteiger partial charge on any atom is -0.465 e. The van der Waals surface area contributed by atoms with E-state index in [4.69, 9.17) is 11.6 Å². The van der Waals surface area contributed by atoms with Crippen LogP contribution in [0.1, 0.15) is 44.8 Å². The fourth-order valence-corrected chi connectivity index (χ4v) is 3.30. The molecule has 0 radical (unpaired) electrons. The van der Waals surface area contributed by atoms with Gasteiger partial charge in [-0.25, -0.2) is 14.6 Å². The van der Waals surface area contributed by atoms with Crippen LogP contribution in [0.15, 0.2) is 36.5 Å². The van der Waals surface area contributed by atoms with Gasteiger partial charge in [0.2, 0.25) is 0 Å². The van der Waals surface area contributed by atoms with Crippen molar-refractivity contribution in [2.75, 3.05) is 14.2 Å². The summed E-state index contributed by atoms with van der Waals surface area (Å²) in [4.78, 5) is 27.2. The number of esters is 2. The molecule has 1 aromatic heterocycles. The summed E-state index contributed by atoms with van der Waals surface area (Å²) in [5.41, 5.74) is -5.05. The smallest absolute Gasteiger partial charge is 0.422 e. The number of carbonyl (C=O) groups excluding carboxylic acids is 2. The van der Waals surface area contributed by atoms with Crippen molar-refractivity contribution in [2.24, 2.45) is 0 Å². The lowest BCUT2D eigenvalue weighted by Crippen LogP contribution is -2.47. The van der Waals surface area contributed by atoms with Crippen LogP contribution >= 0.6 is 11.6 Å². The van der Waals surface area contributed by atoms with Gasteiger partial charge < -0.3 is 14.6 Å². The molecule has 1 aromatic carbocycles. The average molecular weight is 432 g/mol. The van der Waals surface area contributed by atoms with E-state index in [-0.39, 0.29) is 16.1 Å². The van der Waals surface area contributed by atoms with E-state index in [9.17, 15) is 27.9 Å². The predicted molar refractivity (Wildman–Crippen MR) is 96.7 cm³/mol. The lowest BCUT2D eigenvalue weighted by atomic mass is 9.77. The van der Waals surface area contributed by atoms with E-state index in [1.807, 2.05) is 0 Å². The van der Waals surface area contributed by atoms with Gasteiger partial charge in [-0.2, -0.15) is 13.2 Å². The Labute approximate surface area is 169 Å². The van der Waals surface area contributed by atoms with Gasteiger partial charge in [-0.1, -0.05) is 30.7 Å². The van der Waals surface area contributed by atoms with Crippen molar-refractivity contribution in [3.05, 3.63) is 63.9 Å². The third-order valence-electron chi connectivity index (χ3n) is 4.54. The Balaban J connectivity index is 2.69. The molecule has 156 valence electrons. The van der Waals surface area contributed by atoms with Crippen molar-refractivity contribution < 1.29 is 37.3 Å². The first-order chi connectivity index (χ1) is 13.5. The number of hydrogen-bond acceptors (Lipinski definition) is 6. The third-order valence-corrected chi connectivity index (χ3v) is 4.87. The summed E-state index contributed by atoms with van der Waals surface area (Å²) in [7, 11) is 2.13. The van der Waals surface area contributed by atoms with Gasteiger partial charge in [-0.05, 0) is 23.8 Å². The average Bonchev–Trinajstić information content (AvgIpc) is 2.70. The number of aliphatic hydroxyl groups is 1. The Hall–Kier alpha value is -2.65. The fraction of sp³-hybridized carbons (Fsp3) is 0.316. The van der Waals surface area contributed by atoms with Crippen LogP contribution in [-0.4, -0.2) is 42.4 Å². The second-order valence-corrected chi connectivity index (χ2v) is 6.51. The van der Waals surface area contributed by atoms with E-state index < -0.39 is 40.9 Å². The maximum absolute atomic E-state index is 14.1. The second-order valence-electron chi connectivity index (χ2n) is 6.10. The molecular formula is C19H17ClF3NO5. The molecule has 2 unspecified atom stereocenters. The van der Waals surface area contributed by atoms with Crippen molar-refractivity contribution in [3.8, 4) is 0 Å². The number of ether oxygens (including phenoxy) is 2. The Morgan fingerprint density at radius 1 is 1.14 bits per heavy atom. The number of pyridine rings is 1. The van der Waals surface area contributed by atoms with Crippen molar-refractivity contribution in [1.82, 2.24) is 4.98 Å². The summed E-state index contributed by atoms with van der Waals surface area (Å²) >= 11 is 6.11. The van der Waals surface area contributed by atoms with Crippen molar-refractivity contribution >= 4 is 23.5 Å². The van der Waals surface area contributed by atoms with Gasteiger partial charge in [0.25, 0.3) is 0 Å². The lowest BCUT2D eigenvalue weighted by Gasteiger charge is -2.37. The molecule has 0 spiro atoms. The molecule has 29 heavy (non-hydrogen) atoms. The van der Waals surface area contributed by atoms with E-state index in [0.717, 1.165) is 45.5 Å². The number of nitrogens with zero attached hydrogens (tertiary/aromatic N) is 1. The number of alkyl halides is 3. The summed E-state index contributed by atoms with van der Waals surface area (Å²) in [6.45, 7) is 1.10. The number of halogens is 4. The molecule has 0 amide bonds. The predicted octanol–water partition coefficient (Wildman–Crippen LogP) is 3.86. The molecule has 0 saturated carbocycles. The lowest BCUT2D eigenvalue weighted by molar-refractivity contribution is -0.274.